The summed E-state index contributed by atoms with van der Waals surface area (Å²) in [5.41, 5.74) is 0.588. The first-order chi connectivity index (χ1) is 64.9. The highest BCUT2D eigenvalue weighted by Gasteiger charge is 2.29. The molecule has 132 heavy (non-hydrogen) atoms. The number of carbonyl (C=O) groups excluding carboxylic acids is 3. The van der Waals surface area contributed by atoms with Gasteiger partial charge < -0.3 is 71.1 Å². The van der Waals surface area contributed by atoms with Crippen LogP contribution in [0.25, 0.3) is 32.3 Å². The van der Waals surface area contributed by atoms with Gasteiger partial charge in [-0.05, 0) is 163 Å². The fourth-order valence-corrected chi connectivity index (χ4v) is 16.9. The van der Waals surface area contributed by atoms with E-state index in [1.165, 1.54) is 118 Å². The van der Waals surface area contributed by atoms with E-state index in [9.17, 15) is 0 Å². The summed E-state index contributed by atoms with van der Waals surface area (Å²) in [5.74, 6) is 2.86. The molecular weight excluding hydrogens is 1660 g/mol. The summed E-state index contributed by atoms with van der Waals surface area (Å²) in [6, 6.07) is 21.1. The number of hydrogen-bond donors (Lipinski definition) is 0. The Balaban J connectivity index is 1.43. The second kappa shape index (κ2) is 68.3. The van der Waals surface area contributed by atoms with Crippen molar-refractivity contribution < 1.29 is 85.4 Å². The minimum Gasteiger partial charge on any atom is -0.493 e. The van der Waals surface area contributed by atoms with E-state index in [2.05, 4.69) is 62.3 Å². The third-order valence-electron chi connectivity index (χ3n) is 24.9. The van der Waals surface area contributed by atoms with Gasteiger partial charge in [-0.2, -0.15) is 0 Å². The maximum atomic E-state index is 15.5. The Bertz CT molecular complexity index is 3760. The van der Waals surface area contributed by atoms with Crippen LogP contribution in [0.2, 0.25) is 0 Å². The van der Waals surface area contributed by atoms with Crippen molar-refractivity contribution in [2.24, 2.45) is 0 Å². The zero-order valence-electron chi connectivity index (χ0n) is 84.3. The molecule has 0 spiro atoms. The Morgan fingerprint density at radius 2 is 0.303 bits per heavy atom. The van der Waals surface area contributed by atoms with Gasteiger partial charge in [0.1, 0.15) is 0 Å². The second-order valence-electron chi connectivity index (χ2n) is 36.3. The number of benzene rings is 7. The van der Waals surface area contributed by atoms with Crippen LogP contribution in [0, 0.1) is 0 Å². The Kier molecular flexibility index (Phi) is 57.1. The van der Waals surface area contributed by atoms with Crippen molar-refractivity contribution in [1.29, 1.82) is 0 Å². The molecule has 0 aliphatic carbocycles. The third kappa shape index (κ3) is 39.7. The lowest BCUT2D eigenvalue weighted by Gasteiger charge is -2.20. The van der Waals surface area contributed by atoms with Gasteiger partial charge in [0, 0.05) is 0 Å². The predicted octanol–water partition coefficient (Wildman–Crippen LogP) is 33.5. The van der Waals surface area contributed by atoms with Crippen molar-refractivity contribution in [1.82, 2.24) is 0 Å². The Morgan fingerprint density at radius 3 is 0.455 bits per heavy atom. The maximum Gasteiger partial charge on any atom is 0.343 e. The molecule has 0 aromatic heterocycles. The van der Waals surface area contributed by atoms with Gasteiger partial charge in [-0.3, -0.25) is 0 Å². The van der Waals surface area contributed by atoms with Crippen LogP contribution in [0.3, 0.4) is 0 Å². The van der Waals surface area contributed by atoms with Crippen LogP contribution in [0.5, 0.6) is 86.2 Å². The predicted molar refractivity (Wildman–Crippen MR) is 543 cm³/mol. The molecule has 0 aliphatic heterocycles. The van der Waals surface area contributed by atoms with Crippen molar-refractivity contribution in [3.63, 3.8) is 0 Å². The molecule has 0 aliphatic rings. The van der Waals surface area contributed by atoms with Gasteiger partial charge in [-0.1, -0.05) is 351 Å². The topological polar surface area (TPSA) is 190 Å². The molecule has 0 bridgehead atoms. The van der Waals surface area contributed by atoms with Gasteiger partial charge in [0.25, 0.3) is 0 Å². The van der Waals surface area contributed by atoms with E-state index in [1.54, 1.807) is 54.6 Å². The summed E-state index contributed by atoms with van der Waals surface area (Å²) in [4.78, 5) is 46.5. The summed E-state index contributed by atoms with van der Waals surface area (Å²) in [6.07, 6.45) is 58.4. The van der Waals surface area contributed by atoms with E-state index >= 15 is 14.4 Å². The molecule has 0 N–H and O–H groups in total. The summed E-state index contributed by atoms with van der Waals surface area (Å²) in [6.45, 7) is 23.9. The quantitative estimate of drug-likeness (QED) is 0.0151. The van der Waals surface area contributed by atoms with Crippen LogP contribution in [-0.2, 0) is 0 Å². The van der Waals surface area contributed by atoms with E-state index in [1.807, 2.05) is 18.2 Å². The lowest BCUT2D eigenvalue weighted by atomic mass is 9.93. The zero-order chi connectivity index (χ0) is 94.2. The van der Waals surface area contributed by atoms with Crippen molar-refractivity contribution in [2.45, 2.75) is 409 Å². The van der Waals surface area contributed by atoms with Crippen LogP contribution in [0.4, 0.5) is 0 Å². The fourth-order valence-electron chi connectivity index (χ4n) is 16.9. The highest BCUT2D eigenvalue weighted by molar-refractivity contribution is 6.27. The minimum atomic E-state index is -0.687. The smallest absolute Gasteiger partial charge is 0.343 e. The van der Waals surface area contributed by atoms with Crippen molar-refractivity contribution in [3.8, 4) is 86.2 Å². The number of rotatable bonds is 81. The van der Waals surface area contributed by atoms with Gasteiger partial charge in [0.15, 0.2) is 69.0 Å². The lowest BCUT2D eigenvalue weighted by Crippen LogP contribution is -2.13. The minimum absolute atomic E-state index is 0.102. The van der Waals surface area contributed by atoms with Crippen molar-refractivity contribution >= 4 is 50.2 Å². The molecule has 0 unspecified atom stereocenters. The number of unbranched alkanes of at least 4 members (excludes halogenated alkanes) is 45. The third-order valence-corrected chi connectivity index (χ3v) is 24.9. The van der Waals surface area contributed by atoms with Crippen LogP contribution < -0.4 is 71.1 Å². The second-order valence-corrected chi connectivity index (χ2v) is 36.3. The standard InChI is InChI=1S/C114H174O18/c1-13-22-31-40-49-58-67-121-103-76-88(77-104(122-68-59-50-41-32-23-14-2)109(103)127-73-64-55-46-37-28-19-7)112(115)130-100-85-94-91(82-97(100)118-10)95-86-101(131-113(116)89-78-105(123-69-60-51-42-33-24-15-3)110(128-74-65-56-47-38-29-20-8)106(79-89)124-70-61-52-43-34-25-16-4)99(120-12)84-93(95)96-87-102(98(119-11)83-92(94)96)132-114(117)90-80-107(125-71-62-53-44-35-26-17-5)111(129-75-66-57-48-39-30-21-9)108(81-90)126-72-63-54-45-36-27-18-6/h76-87H,13-75H2,1-12H3. The summed E-state index contributed by atoms with van der Waals surface area (Å²) >= 11 is 0. The van der Waals surface area contributed by atoms with E-state index in [0.717, 1.165) is 250 Å². The summed E-state index contributed by atoms with van der Waals surface area (Å²) < 4.78 is 99.3. The molecule has 18 heteroatoms. The highest BCUT2D eigenvalue weighted by Crippen LogP contribution is 2.50. The number of fused-ring (bicyclic) bond motifs is 6. The van der Waals surface area contributed by atoms with Crippen LogP contribution in [0.1, 0.15) is 440 Å². The Labute approximate surface area is 796 Å². The van der Waals surface area contributed by atoms with Gasteiger partial charge in [0.2, 0.25) is 17.2 Å². The van der Waals surface area contributed by atoms with Gasteiger partial charge in [0.05, 0.1) is 97.5 Å². The Hall–Kier alpha value is -8.67. The molecule has 0 saturated carbocycles. The Morgan fingerprint density at radius 1 is 0.167 bits per heavy atom. The first kappa shape index (κ1) is 110. The molecule has 7 rings (SSSR count). The van der Waals surface area contributed by atoms with Gasteiger partial charge in [-0.15, -0.1) is 0 Å². The molecule has 0 atom stereocenters. The first-order valence-electron chi connectivity index (χ1n) is 52.9. The normalized spacial score (nSPS) is 11.4. The number of hydrogen-bond acceptors (Lipinski definition) is 18. The van der Waals surface area contributed by atoms with Crippen LogP contribution in [0.15, 0.2) is 72.8 Å². The number of ether oxygens (including phenoxy) is 15. The molecule has 0 amide bonds. The first-order valence-corrected chi connectivity index (χ1v) is 52.9. The van der Waals surface area contributed by atoms with E-state index < -0.39 is 17.9 Å². The maximum absolute atomic E-state index is 15.5. The lowest BCUT2D eigenvalue weighted by molar-refractivity contribution is 0.0719. The highest BCUT2D eigenvalue weighted by atomic mass is 16.6. The molecule has 0 fully saturated rings. The number of carbonyl (C=O) groups is 3. The van der Waals surface area contributed by atoms with Gasteiger partial charge >= 0.3 is 17.9 Å². The number of esters is 3. The van der Waals surface area contributed by atoms with Gasteiger partial charge in [-0.25, -0.2) is 14.4 Å². The molecule has 0 heterocycles. The molecule has 18 nitrogen and oxygen atoms in total. The molecule has 0 saturated heterocycles. The largest absolute Gasteiger partial charge is 0.493 e. The van der Waals surface area contributed by atoms with E-state index in [0.29, 0.717) is 144 Å². The SMILES string of the molecule is CCCCCCCCOc1cc(C(=O)Oc2cc3c(cc2OC)c2cc(OC(=O)c4cc(OCCCCCCCC)c(OCCCCCCCC)c(OCCCCCCCC)c4)c(OC)cc2c2cc(OC(=O)c4cc(OCCCCCCCC)c(OCCCCCCCC)c(OCCCCCCCC)c4)c(OC)cc32)cc(OCCCCCCCC)c1OCCCCCCCC. The molecular formula is C114H174O18. The van der Waals surface area contributed by atoms with Crippen LogP contribution in [-0.4, -0.2) is 98.7 Å². The fraction of sp³-hybridized carbons (Fsp3) is 0.658. The average molecular weight is 1830 g/mol. The summed E-state index contributed by atoms with van der Waals surface area (Å²) in [5, 5.41) is 3.59. The average Bonchev–Trinajstić information content (AvgIpc) is 0.722. The summed E-state index contributed by atoms with van der Waals surface area (Å²) in [7, 11) is 4.61. The molecule has 7 aromatic carbocycles. The van der Waals surface area contributed by atoms with E-state index in [4.69, 9.17) is 71.1 Å². The molecule has 0 radical (unpaired) electrons. The van der Waals surface area contributed by atoms with Crippen LogP contribution >= 0.6 is 0 Å². The van der Waals surface area contributed by atoms with Crippen molar-refractivity contribution in [2.75, 3.05) is 80.8 Å². The monoisotopic (exact) mass is 1830 g/mol. The number of methoxy groups -OCH3 is 3. The van der Waals surface area contributed by atoms with Crippen molar-refractivity contribution in [3.05, 3.63) is 89.5 Å². The molecule has 738 valence electrons. The zero-order valence-corrected chi connectivity index (χ0v) is 84.3. The molecule has 7 aromatic rings. The van der Waals surface area contributed by atoms with E-state index in [-0.39, 0.29) is 51.2 Å².